The zero-order chi connectivity index (χ0) is 17.1. The molecule has 124 valence electrons. The second-order valence-corrected chi connectivity index (χ2v) is 7.94. The van der Waals surface area contributed by atoms with E-state index in [9.17, 15) is 16.8 Å². The summed E-state index contributed by atoms with van der Waals surface area (Å²) in [6.45, 7) is 0. The molecule has 0 atom stereocenters. The van der Waals surface area contributed by atoms with Crippen LogP contribution in [0.1, 0.15) is 0 Å². The summed E-state index contributed by atoms with van der Waals surface area (Å²) < 4.78 is 63.3. The van der Waals surface area contributed by atoms with E-state index in [4.69, 9.17) is 8.74 Å². The molecule has 0 fully saturated rings. The van der Waals surface area contributed by atoms with Crippen molar-refractivity contribution < 1.29 is 25.6 Å². The van der Waals surface area contributed by atoms with Crippen molar-refractivity contribution in [3.05, 3.63) is 48.5 Å². The van der Waals surface area contributed by atoms with Crippen LogP contribution in [0.15, 0.2) is 58.3 Å². The quantitative estimate of drug-likeness (QED) is 0.589. The Morgan fingerprint density at radius 1 is 1.00 bits per heavy atom. The van der Waals surface area contributed by atoms with Crippen LogP contribution >= 0.6 is 12.0 Å². The molecule has 0 bridgehead atoms. The first-order valence-electron chi connectivity index (χ1n) is 6.13. The molecule has 2 aromatic rings. The van der Waals surface area contributed by atoms with Crippen molar-refractivity contribution in [2.45, 2.75) is 9.79 Å². The maximum absolute atomic E-state index is 12.3. The molecule has 0 aliphatic carbocycles. The molecule has 7 nitrogen and oxygen atoms in total. The molecule has 2 N–H and O–H groups in total. The lowest BCUT2D eigenvalue weighted by Gasteiger charge is -2.10. The number of rotatable bonds is 6. The monoisotopic (exact) mass is 375 g/mol. The normalized spacial score (nSPS) is 11.9. The highest BCUT2D eigenvalue weighted by Gasteiger charge is 2.17. The fourth-order valence-electron chi connectivity index (χ4n) is 1.72. The van der Waals surface area contributed by atoms with Crippen molar-refractivity contribution in [1.82, 2.24) is 0 Å². The van der Waals surface area contributed by atoms with Crippen LogP contribution in [0.5, 0.6) is 5.75 Å². The summed E-state index contributed by atoms with van der Waals surface area (Å²) in [6.07, 6.45) is 1.69. The molecule has 0 unspecified atom stereocenters. The number of benzene rings is 2. The van der Waals surface area contributed by atoms with E-state index < -0.39 is 25.0 Å². The van der Waals surface area contributed by atoms with Gasteiger partial charge in [0.25, 0.3) is 20.1 Å². The maximum Gasteiger partial charge on any atom is 0.294 e. The molecule has 2 rings (SSSR count). The van der Waals surface area contributed by atoms with Gasteiger partial charge in [-0.25, -0.2) is 8.42 Å². The molecule has 0 radical (unpaired) electrons. The topological polar surface area (TPSA) is 110 Å². The predicted octanol–water partition coefficient (Wildman–Crippen LogP) is 2.39. The summed E-state index contributed by atoms with van der Waals surface area (Å²) in [6, 6.07) is 10.7. The molecule has 0 spiro atoms. The van der Waals surface area contributed by atoms with Crippen molar-refractivity contribution in [3.63, 3.8) is 0 Å². The first-order chi connectivity index (χ1) is 10.7. The molecule has 0 aliphatic rings. The maximum atomic E-state index is 12.3. The van der Waals surface area contributed by atoms with E-state index in [-0.39, 0.29) is 10.6 Å². The number of hydrogen-bond acceptors (Lipinski definition) is 6. The second-order valence-electron chi connectivity index (χ2n) is 4.33. The Balaban J connectivity index is 2.33. The molecule has 0 saturated heterocycles. The van der Waals surface area contributed by atoms with Gasteiger partial charge < -0.3 is 4.18 Å². The molecular weight excluding hydrogens is 362 g/mol. The lowest BCUT2D eigenvalue weighted by molar-refractivity contribution is 0.483. The lowest BCUT2D eigenvalue weighted by Crippen LogP contribution is -2.13. The van der Waals surface area contributed by atoms with Gasteiger partial charge in [0, 0.05) is 12.3 Å². The van der Waals surface area contributed by atoms with Gasteiger partial charge in [0.05, 0.1) is 27.5 Å². The highest BCUT2D eigenvalue weighted by atomic mass is 32.2. The van der Waals surface area contributed by atoms with Gasteiger partial charge in [-0.2, -0.15) is 8.42 Å². The van der Waals surface area contributed by atoms with E-state index in [1.54, 1.807) is 12.3 Å². The largest absolute Gasteiger partial charge is 0.426 e. The van der Waals surface area contributed by atoms with Crippen molar-refractivity contribution in [2.24, 2.45) is 0 Å². The minimum absolute atomic E-state index is 0.0105. The van der Waals surface area contributed by atoms with E-state index in [0.29, 0.717) is 5.75 Å². The van der Waals surface area contributed by atoms with E-state index >= 15 is 0 Å². The highest BCUT2D eigenvalue weighted by Crippen LogP contribution is 2.23. The Morgan fingerprint density at radius 3 is 2.30 bits per heavy atom. The van der Waals surface area contributed by atoms with Crippen LogP contribution in [0.3, 0.4) is 0 Å². The Morgan fingerprint density at radius 2 is 1.65 bits per heavy atom. The fourth-order valence-corrected chi connectivity index (χ4v) is 3.63. The summed E-state index contributed by atoms with van der Waals surface area (Å²) in [5.74, 6) is 0.368. The van der Waals surface area contributed by atoms with E-state index in [1.165, 1.54) is 30.3 Å². The van der Waals surface area contributed by atoms with Crippen molar-refractivity contribution in [2.75, 3.05) is 11.0 Å². The fraction of sp³-hybridized carbons (Fsp3) is 0.0769. The minimum atomic E-state index is -4.42. The summed E-state index contributed by atoms with van der Waals surface area (Å²) in [5.41, 5.74) is 0.0105. The van der Waals surface area contributed by atoms with Gasteiger partial charge in [-0.1, -0.05) is 12.1 Å². The molecular formula is C13H13NO6S3. The smallest absolute Gasteiger partial charge is 0.294 e. The van der Waals surface area contributed by atoms with Crippen molar-refractivity contribution in [1.29, 1.82) is 0 Å². The third-order valence-electron chi connectivity index (χ3n) is 2.68. The van der Waals surface area contributed by atoms with Gasteiger partial charge in [0.1, 0.15) is 5.75 Å². The Labute approximate surface area is 138 Å². The Kier molecular flexibility index (Phi) is 5.19. The zero-order valence-corrected chi connectivity index (χ0v) is 14.3. The van der Waals surface area contributed by atoms with Gasteiger partial charge in [0.2, 0.25) is 0 Å². The number of nitrogens with one attached hydrogen (secondary N) is 1. The minimum Gasteiger partial charge on any atom is -0.426 e. The van der Waals surface area contributed by atoms with Crippen LogP contribution in [0.2, 0.25) is 0 Å². The van der Waals surface area contributed by atoms with E-state index in [0.717, 1.165) is 24.2 Å². The third kappa shape index (κ3) is 4.61. The molecule has 0 aromatic heterocycles. The molecule has 0 amide bonds. The number of sulfonamides is 1. The molecule has 0 saturated carbocycles. The van der Waals surface area contributed by atoms with E-state index in [1.807, 2.05) is 0 Å². The summed E-state index contributed by atoms with van der Waals surface area (Å²) >= 11 is 1.07. The Hall–Kier alpha value is -1.75. The summed E-state index contributed by atoms with van der Waals surface area (Å²) in [4.78, 5) is -0.446. The van der Waals surface area contributed by atoms with Crippen LogP contribution in [0.4, 0.5) is 5.69 Å². The first-order valence-corrected chi connectivity index (χ1v) is 10.2. The van der Waals surface area contributed by atoms with Crippen LogP contribution in [-0.2, 0) is 20.1 Å². The standard InChI is InChI=1S/C13H13NO6S3/c1-21-20-11-5-3-6-12(9-11)22(15,16)14-10-4-2-7-13(8-10)23(17,18)19/h2-9,14H,1H3,(H,17,18,19). The van der Waals surface area contributed by atoms with Crippen LogP contribution < -0.4 is 8.91 Å². The van der Waals surface area contributed by atoms with Gasteiger partial charge >= 0.3 is 0 Å². The molecule has 2 aromatic carbocycles. The SMILES string of the molecule is CSOc1cccc(S(=O)(=O)Nc2cccc(S(=O)(=O)O)c2)c1. The number of hydrogen-bond donors (Lipinski definition) is 2. The summed E-state index contributed by atoms with van der Waals surface area (Å²) in [5, 5.41) is 0. The first kappa shape index (κ1) is 17.6. The van der Waals surface area contributed by atoms with Gasteiger partial charge in [-0.05, 0) is 30.3 Å². The summed E-state index contributed by atoms with van der Waals surface area (Å²) in [7, 11) is -8.35. The molecule has 23 heavy (non-hydrogen) atoms. The van der Waals surface area contributed by atoms with Crippen LogP contribution in [0, 0.1) is 0 Å². The number of anilines is 1. The average Bonchev–Trinajstić information content (AvgIpc) is 2.47. The molecule has 10 heteroatoms. The molecule has 0 heterocycles. The Bertz CT molecular complexity index is 909. The second kappa shape index (κ2) is 6.79. The predicted molar refractivity (Wildman–Crippen MR) is 87.7 cm³/mol. The van der Waals surface area contributed by atoms with Gasteiger partial charge in [-0.15, -0.1) is 0 Å². The molecule has 0 aliphatic heterocycles. The van der Waals surface area contributed by atoms with Crippen LogP contribution in [0.25, 0.3) is 0 Å². The van der Waals surface area contributed by atoms with Crippen LogP contribution in [-0.4, -0.2) is 27.6 Å². The van der Waals surface area contributed by atoms with Gasteiger partial charge in [0.15, 0.2) is 0 Å². The van der Waals surface area contributed by atoms with Crippen molar-refractivity contribution in [3.8, 4) is 5.75 Å². The average molecular weight is 375 g/mol. The highest BCUT2D eigenvalue weighted by molar-refractivity contribution is 7.94. The van der Waals surface area contributed by atoms with E-state index in [2.05, 4.69) is 4.72 Å². The third-order valence-corrected chi connectivity index (χ3v) is 5.27. The van der Waals surface area contributed by atoms with Gasteiger partial charge in [-0.3, -0.25) is 9.27 Å². The zero-order valence-electron chi connectivity index (χ0n) is 11.8. The van der Waals surface area contributed by atoms with Crippen molar-refractivity contribution >= 4 is 37.9 Å². The lowest BCUT2D eigenvalue weighted by atomic mass is 10.3.